The zero-order valence-electron chi connectivity index (χ0n) is 27.6. The van der Waals surface area contributed by atoms with Crippen molar-refractivity contribution >= 4 is 45.1 Å². The van der Waals surface area contributed by atoms with Crippen LogP contribution >= 0.6 is 0 Å². The van der Waals surface area contributed by atoms with Crippen molar-refractivity contribution in [3.05, 3.63) is 202 Å². The molecule has 2 N–H and O–H groups in total. The van der Waals surface area contributed by atoms with E-state index in [0.717, 1.165) is 67.6 Å². The fourth-order valence-electron chi connectivity index (χ4n) is 6.95. The highest BCUT2D eigenvalue weighted by molar-refractivity contribution is 6.39. The van der Waals surface area contributed by atoms with Gasteiger partial charge in [0.15, 0.2) is 11.5 Å². The van der Waals surface area contributed by atoms with Crippen LogP contribution < -0.4 is 0 Å². The molecule has 0 spiro atoms. The van der Waals surface area contributed by atoms with Crippen LogP contribution in [-0.2, 0) is 0 Å². The molecule has 5 heterocycles. The Kier molecular flexibility index (Phi) is 7.21. The second-order valence-electron chi connectivity index (χ2n) is 12.6. The summed E-state index contributed by atoms with van der Waals surface area (Å²) in [6.45, 7) is 1.76. The third kappa shape index (κ3) is 5.21. The van der Waals surface area contributed by atoms with E-state index in [9.17, 15) is 10.2 Å². The third-order valence-electron chi connectivity index (χ3n) is 9.42. The predicted molar refractivity (Wildman–Crippen MR) is 208 cm³/mol. The van der Waals surface area contributed by atoms with E-state index < -0.39 is 0 Å². The maximum absolute atomic E-state index is 11.4. The standard InChI is InChI=1S/C45H30N4O2/c1-27-17-18-31(45(51)44(27)50)43-38-25-23-36(48-38)41(29-13-7-3-8-14-29)34-21-19-32(46-34)40(28-11-5-2-6-12-28)33-20-22-35(47-33)42(30-15-9-4-10-16-30)37-24-26-39(43)49-37/h2-26,50-51H,1H3. The second-order valence-corrected chi connectivity index (χ2v) is 12.6. The molecule has 0 aromatic heterocycles. The number of benzene rings is 4. The number of phenols is 2. The first-order valence-corrected chi connectivity index (χ1v) is 16.8. The summed E-state index contributed by atoms with van der Waals surface area (Å²) in [5.41, 5.74) is 13.0. The fourth-order valence-corrected chi connectivity index (χ4v) is 6.95. The van der Waals surface area contributed by atoms with Gasteiger partial charge in [0.05, 0.1) is 45.6 Å². The lowest BCUT2D eigenvalue weighted by Crippen LogP contribution is -2.04. The van der Waals surface area contributed by atoms with Crippen molar-refractivity contribution in [3.63, 3.8) is 0 Å². The summed E-state index contributed by atoms with van der Waals surface area (Å²) in [6, 6.07) is 34.1. The third-order valence-corrected chi connectivity index (χ3v) is 9.42. The molecule has 9 rings (SSSR count). The van der Waals surface area contributed by atoms with E-state index in [0.29, 0.717) is 28.1 Å². The maximum atomic E-state index is 11.4. The quantitative estimate of drug-likeness (QED) is 0.214. The van der Waals surface area contributed by atoms with Crippen LogP contribution in [-0.4, -0.2) is 33.1 Å². The first kappa shape index (κ1) is 30.2. The van der Waals surface area contributed by atoms with Gasteiger partial charge in [0.1, 0.15) is 0 Å². The van der Waals surface area contributed by atoms with E-state index in [1.807, 2.05) is 103 Å². The Bertz CT molecular complexity index is 2510. The monoisotopic (exact) mass is 658 g/mol. The van der Waals surface area contributed by atoms with Gasteiger partial charge in [-0.2, -0.15) is 0 Å². The number of hydrogen-bond donors (Lipinski definition) is 2. The van der Waals surface area contributed by atoms with Crippen LogP contribution in [0, 0.1) is 6.92 Å². The van der Waals surface area contributed by atoms with Crippen LogP contribution in [0.3, 0.4) is 0 Å². The molecular weight excluding hydrogens is 629 g/mol. The Morgan fingerprint density at radius 3 is 1.06 bits per heavy atom. The minimum absolute atomic E-state index is 0.175. The van der Waals surface area contributed by atoms with Gasteiger partial charge in [-0.25, -0.2) is 20.0 Å². The molecule has 8 bridgehead atoms. The summed E-state index contributed by atoms with van der Waals surface area (Å²) in [7, 11) is 0. The summed E-state index contributed by atoms with van der Waals surface area (Å²) in [5, 5.41) is 22.2. The first-order valence-electron chi connectivity index (χ1n) is 16.8. The molecule has 0 saturated heterocycles. The summed E-state index contributed by atoms with van der Waals surface area (Å²) < 4.78 is 0. The van der Waals surface area contributed by atoms with E-state index in [2.05, 4.69) is 36.4 Å². The van der Waals surface area contributed by atoms with E-state index >= 15 is 0 Å². The molecule has 4 aromatic carbocycles. The van der Waals surface area contributed by atoms with Crippen LogP contribution in [0.1, 0.15) is 27.8 Å². The minimum atomic E-state index is -0.221. The lowest BCUT2D eigenvalue weighted by atomic mass is 9.96. The van der Waals surface area contributed by atoms with Gasteiger partial charge in [-0.1, -0.05) is 97.1 Å². The number of fused-ring (bicyclic) bond motifs is 4. The Morgan fingerprint density at radius 1 is 0.353 bits per heavy atom. The molecule has 0 saturated carbocycles. The number of nitrogens with zero attached hydrogens (tertiary/aromatic N) is 4. The molecular formula is C45H30N4O2. The van der Waals surface area contributed by atoms with E-state index in [1.54, 1.807) is 19.1 Å². The Morgan fingerprint density at radius 2 is 0.686 bits per heavy atom. The van der Waals surface area contributed by atoms with Crippen LogP contribution in [0.2, 0.25) is 0 Å². The van der Waals surface area contributed by atoms with Crippen molar-refractivity contribution in [1.82, 2.24) is 0 Å². The predicted octanol–water partition coefficient (Wildman–Crippen LogP) is 9.41. The number of aliphatic imine (C=N–C) groups is 4. The zero-order valence-corrected chi connectivity index (χ0v) is 27.6. The number of aryl methyl sites for hydroxylation is 1. The smallest absolute Gasteiger partial charge is 0.165 e. The average molecular weight is 659 g/mol. The molecule has 0 fully saturated rings. The lowest BCUT2D eigenvalue weighted by molar-refractivity contribution is 0.400. The van der Waals surface area contributed by atoms with Crippen LogP contribution in [0.15, 0.2) is 194 Å². The minimum Gasteiger partial charge on any atom is -0.504 e. The molecule has 0 atom stereocenters. The zero-order chi connectivity index (χ0) is 34.5. The molecule has 4 aromatic rings. The topological polar surface area (TPSA) is 89.9 Å². The number of phenolic OH excluding ortho intramolecular Hbond substituents is 2. The van der Waals surface area contributed by atoms with Crippen molar-refractivity contribution in [3.8, 4) is 11.5 Å². The summed E-state index contributed by atoms with van der Waals surface area (Å²) in [4.78, 5) is 21.0. The van der Waals surface area contributed by atoms with Crippen LogP contribution in [0.5, 0.6) is 11.5 Å². The number of allylic oxidation sites excluding steroid dienone is 12. The highest BCUT2D eigenvalue weighted by Gasteiger charge is 2.28. The first-order chi connectivity index (χ1) is 25.0. The van der Waals surface area contributed by atoms with Gasteiger partial charge in [0.2, 0.25) is 0 Å². The second kappa shape index (κ2) is 12.2. The number of hydrogen-bond acceptors (Lipinski definition) is 6. The maximum Gasteiger partial charge on any atom is 0.165 e. The van der Waals surface area contributed by atoms with Gasteiger partial charge in [-0.05, 0) is 83.9 Å². The summed E-state index contributed by atoms with van der Waals surface area (Å²) in [6.07, 6.45) is 16.0. The average Bonchev–Trinajstić information content (AvgIpc) is 4.01. The van der Waals surface area contributed by atoms with Gasteiger partial charge in [0, 0.05) is 27.9 Å². The SMILES string of the molecule is Cc1ccc(C2=C3C=CC(=N3)C(c3ccccc3)=C3C=CC(=N3)C(c3ccccc3)=C3C=CC(=N3)C(c3ccccc3)=C3C=CC2=N3)c(O)c1O. The Labute approximate surface area is 295 Å². The van der Waals surface area contributed by atoms with Gasteiger partial charge in [0.25, 0.3) is 0 Å². The number of rotatable bonds is 4. The lowest BCUT2D eigenvalue weighted by Gasteiger charge is -2.14. The highest BCUT2D eigenvalue weighted by Crippen LogP contribution is 2.42. The van der Waals surface area contributed by atoms with E-state index in [4.69, 9.17) is 20.0 Å². The Hall–Kier alpha value is -6.92. The van der Waals surface area contributed by atoms with Gasteiger partial charge in [-0.3, -0.25) is 0 Å². The molecule has 0 amide bonds. The summed E-state index contributed by atoms with van der Waals surface area (Å²) in [5.74, 6) is -0.395. The van der Waals surface area contributed by atoms with Crippen molar-refractivity contribution in [1.29, 1.82) is 0 Å². The molecule has 0 radical (unpaired) electrons. The number of aromatic hydroxyl groups is 2. The highest BCUT2D eigenvalue weighted by atomic mass is 16.3. The van der Waals surface area contributed by atoms with Crippen LogP contribution in [0.4, 0.5) is 0 Å². The van der Waals surface area contributed by atoms with Gasteiger partial charge >= 0.3 is 0 Å². The molecule has 5 aliphatic rings. The van der Waals surface area contributed by atoms with E-state index in [1.165, 1.54) is 0 Å². The summed E-state index contributed by atoms with van der Waals surface area (Å²) >= 11 is 0. The van der Waals surface area contributed by atoms with Gasteiger partial charge in [-0.15, -0.1) is 0 Å². The molecule has 6 nitrogen and oxygen atoms in total. The Balaban J connectivity index is 1.38. The van der Waals surface area contributed by atoms with Crippen molar-refractivity contribution < 1.29 is 10.2 Å². The normalized spacial score (nSPS) is 17.5. The van der Waals surface area contributed by atoms with Crippen LogP contribution in [0.25, 0.3) is 22.3 Å². The molecule has 0 unspecified atom stereocenters. The van der Waals surface area contributed by atoms with Crippen molar-refractivity contribution in [2.45, 2.75) is 6.92 Å². The molecule has 5 aliphatic heterocycles. The largest absolute Gasteiger partial charge is 0.504 e. The van der Waals surface area contributed by atoms with E-state index in [-0.39, 0.29) is 11.5 Å². The molecule has 6 heteroatoms. The molecule has 242 valence electrons. The van der Waals surface area contributed by atoms with Gasteiger partial charge < -0.3 is 10.2 Å². The van der Waals surface area contributed by atoms with Crippen molar-refractivity contribution in [2.75, 3.05) is 0 Å². The molecule has 0 aliphatic carbocycles. The molecule has 51 heavy (non-hydrogen) atoms. The van der Waals surface area contributed by atoms with Crippen molar-refractivity contribution in [2.24, 2.45) is 20.0 Å². The fraction of sp³-hybridized carbons (Fsp3) is 0.0222.